The van der Waals surface area contributed by atoms with Gasteiger partial charge in [-0.25, -0.2) is 0 Å². The second-order valence-electron chi connectivity index (χ2n) is 3.87. The van der Waals surface area contributed by atoms with E-state index in [0.717, 1.165) is 32.7 Å². The zero-order valence-corrected chi connectivity index (χ0v) is 8.44. The third kappa shape index (κ3) is 0.823. The van der Waals surface area contributed by atoms with Crippen molar-refractivity contribution in [3.63, 3.8) is 0 Å². The van der Waals surface area contributed by atoms with E-state index >= 15 is 0 Å². The van der Waals surface area contributed by atoms with Gasteiger partial charge in [-0.2, -0.15) is 0 Å². The Morgan fingerprint density at radius 1 is 0.562 bits per heavy atom. The number of hydrogen-bond donors (Lipinski definition) is 0. The lowest BCUT2D eigenvalue weighted by molar-refractivity contribution is 0.616. The first kappa shape index (κ1) is 7.99. The molecule has 0 bridgehead atoms. The molecule has 0 saturated heterocycles. The predicted molar refractivity (Wildman–Crippen MR) is 63.5 cm³/mol. The van der Waals surface area contributed by atoms with Gasteiger partial charge >= 0.3 is 0 Å². The number of benzene rings is 2. The first-order chi connectivity index (χ1) is 7.95. The third-order valence-corrected chi connectivity index (χ3v) is 3.04. The molecule has 76 valence electrons. The highest BCUT2D eigenvalue weighted by atomic mass is 16.3. The summed E-state index contributed by atoms with van der Waals surface area (Å²) in [5.41, 5.74) is 1.87. The largest absolute Gasteiger partial charge is 0.464 e. The summed E-state index contributed by atoms with van der Waals surface area (Å²) in [7, 11) is 0. The van der Waals surface area contributed by atoms with Crippen LogP contribution in [0.3, 0.4) is 0 Å². The highest BCUT2D eigenvalue weighted by Gasteiger charge is 2.11. The van der Waals surface area contributed by atoms with E-state index in [2.05, 4.69) is 12.1 Å². The average Bonchev–Trinajstić information content (AvgIpc) is 2.98. The van der Waals surface area contributed by atoms with Crippen molar-refractivity contribution in [2.75, 3.05) is 0 Å². The van der Waals surface area contributed by atoms with E-state index in [4.69, 9.17) is 8.83 Å². The molecule has 2 heterocycles. The molecule has 0 N–H and O–H groups in total. The Kier molecular flexibility index (Phi) is 1.33. The van der Waals surface area contributed by atoms with Crippen molar-refractivity contribution in [3.8, 4) is 0 Å². The van der Waals surface area contributed by atoms with E-state index in [1.807, 2.05) is 24.3 Å². The van der Waals surface area contributed by atoms with Crippen molar-refractivity contribution in [3.05, 3.63) is 48.9 Å². The van der Waals surface area contributed by atoms with Crippen LogP contribution in [0.4, 0.5) is 0 Å². The highest BCUT2D eigenvalue weighted by molar-refractivity contribution is 6.21. The van der Waals surface area contributed by atoms with Crippen molar-refractivity contribution < 1.29 is 8.83 Å². The lowest BCUT2D eigenvalue weighted by Crippen LogP contribution is -1.75. The van der Waals surface area contributed by atoms with Crippen LogP contribution in [-0.4, -0.2) is 0 Å². The van der Waals surface area contributed by atoms with Gasteiger partial charge in [-0.15, -0.1) is 0 Å². The van der Waals surface area contributed by atoms with Gasteiger partial charge in [-0.1, -0.05) is 24.3 Å². The Labute approximate surface area is 91.1 Å². The fourth-order valence-electron chi connectivity index (χ4n) is 2.34. The number of furan rings is 2. The molecule has 4 rings (SSSR count). The van der Waals surface area contributed by atoms with Crippen LogP contribution >= 0.6 is 0 Å². The smallest absolute Gasteiger partial charge is 0.142 e. The van der Waals surface area contributed by atoms with E-state index in [1.165, 1.54) is 0 Å². The number of rotatable bonds is 0. The maximum atomic E-state index is 5.57. The number of hydrogen-bond acceptors (Lipinski definition) is 2. The van der Waals surface area contributed by atoms with Crippen molar-refractivity contribution in [1.82, 2.24) is 0 Å². The van der Waals surface area contributed by atoms with Crippen molar-refractivity contribution >= 4 is 32.7 Å². The van der Waals surface area contributed by atoms with Crippen LogP contribution in [-0.2, 0) is 0 Å². The summed E-state index contributed by atoms with van der Waals surface area (Å²) in [6.07, 6.45) is 3.45. The maximum Gasteiger partial charge on any atom is 0.142 e. The molecular weight excluding hydrogens is 200 g/mol. The molecule has 0 fully saturated rings. The molecule has 16 heavy (non-hydrogen) atoms. The molecule has 0 aliphatic heterocycles. The average molecular weight is 208 g/mol. The van der Waals surface area contributed by atoms with Gasteiger partial charge in [-0.05, 0) is 12.1 Å². The molecule has 0 atom stereocenters. The van der Waals surface area contributed by atoms with Crippen LogP contribution in [0.25, 0.3) is 32.7 Å². The maximum absolute atomic E-state index is 5.57. The van der Waals surface area contributed by atoms with Crippen molar-refractivity contribution in [2.45, 2.75) is 0 Å². The minimum atomic E-state index is 0.935. The molecule has 0 spiro atoms. The fourth-order valence-corrected chi connectivity index (χ4v) is 2.34. The van der Waals surface area contributed by atoms with E-state index in [-0.39, 0.29) is 0 Å². The summed E-state index contributed by atoms with van der Waals surface area (Å²) in [5, 5.41) is 4.43. The lowest BCUT2D eigenvalue weighted by Gasteiger charge is -2.00. The SMILES string of the molecule is c1ccc2c(c1)c1occc1c1ccoc21. The molecule has 2 nitrogen and oxygen atoms in total. The highest BCUT2D eigenvalue weighted by Crippen LogP contribution is 2.35. The summed E-state index contributed by atoms with van der Waals surface area (Å²) in [6.45, 7) is 0. The van der Waals surface area contributed by atoms with Crippen LogP contribution in [0.2, 0.25) is 0 Å². The second-order valence-corrected chi connectivity index (χ2v) is 3.87. The Balaban J connectivity index is 2.51. The first-order valence-corrected chi connectivity index (χ1v) is 5.20. The zero-order valence-electron chi connectivity index (χ0n) is 8.44. The summed E-state index contributed by atoms with van der Waals surface area (Å²) in [5.74, 6) is 0. The molecule has 0 amide bonds. The topological polar surface area (TPSA) is 26.3 Å². The standard InChI is InChI=1S/C14H8O2/c1-2-4-10-9(3-1)13-11(5-7-15-13)12-6-8-16-14(10)12/h1-8H. The van der Waals surface area contributed by atoms with Crippen LogP contribution in [0.5, 0.6) is 0 Å². The Bertz CT molecular complexity index is 736. The summed E-state index contributed by atoms with van der Waals surface area (Å²) < 4.78 is 11.1. The van der Waals surface area contributed by atoms with E-state index in [9.17, 15) is 0 Å². The molecule has 0 aliphatic carbocycles. The third-order valence-electron chi connectivity index (χ3n) is 3.04. The molecular formula is C14H8O2. The predicted octanol–water partition coefficient (Wildman–Crippen LogP) is 4.33. The number of fused-ring (bicyclic) bond motifs is 6. The molecule has 0 unspecified atom stereocenters. The summed E-state index contributed by atoms with van der Waals surface area (Å²) in [6, 6.07) is 12.1. The van der Waals surface area contributed by atoms with Gasteiger partial charge in [0.2, 0.25) is 0 Å². The van der Waals surface area contributed by atoms with Crippen LogP contribution in [0.1, 0.15) is 0 Å². The van der Waals surface area contributed by atoms with Gasteiger partial charge < -0.3 is 8.83 Å². The van der Waals surface area contributed by atoms with E-state index in [1.54, 1.807) is 12.5 Å². The quantitative estimate of drug-likeness (QED) is 0.430. The molecule has 0 saturated carbocycles. The Morgan fingerprint density at radius 2 is 1.00 bits per heavy atom. The molecule has 2 heteroatoms. The van der Waals surface area contributed by atoms with Crippen LogP contribution in [0.15, 0.2) is 57.8 Å². The van der Waals surface area contributed by atoms with Gasteiger partial charge in [-0.3, -0.25) is 0 Å². The molecule has 2 aromatic heterocycles. The van der Waals surface area contributed by atoms with Crippen LogP contribution < -0.4 is 0 Å². The molecule has 2 aromatic carbocycles. The lowest BCUT2D eigenvalue weighted by atomic mass is 10.0. The van der Waals surface area contributed by atoms with Gasteiger partial charge in [0.1, 0.15) is 11.2 Å². The van der Waals surface area contributed by atoms with E-state index < -0.39 is 0 Å². The molecule has 4 aromatic rings. The van der Waals surface area contributed by atoms with Gasteiger partial charge in [0, 0.05) is 21.5 Å². The van der Waals surface area contributed by atoms with E-state index in [0.29, 0.717) is 0 Å². The Morgan fingerprint density at radius 3 is 1.50 bits per heavy atom. The summed E-state index contributed by atoms with van der Waals surface area (Å²) in [4.78, 5) is 0. The monoisotopic (exact) mass is 208 g/mol. The van der Waals surface area contributed by atoms with Crippen molar-refractivity contribution in [2.24, 2.45) is 0 Å². The normalized spacial score (nSPS) is 11.8. The van der Waals surface area contributed by atoms with Gasteiger partial charge in [0.05, 0.1) is 12.5 Å². The molecule has 0 aliphatic rings. The minimum Gasteiger partial charge on any atom is -0.464 e. The Hall–Kier alpha value is -2.22. The van der Waals surface area contributed by atoms with Crippen molar-refractivity contribution in [1.29, 1.82) is 0 Å². The first-order valence-electron chi connectivity index (χ1n) is 5.20. The van der Waals surface area contributed by atoms with Gasteiger partial charge in [0.15, 0.2) is 0 Å². The summed E-state index contributed by atoms with van der Waals surface area (Å²) >= 11 is 0. The zero-order chi connectivity index (χ0) is 10.5. The second kappa shape index (κ2) is 2.67. The fraction of sp³-hybridized carbons (Fsp3) is 0. The van der Waals surface area contributed by atoms with Gasteiger partial charge in [0.25, 0.3) is 0 Å². The van der Waals surface area contributed by atoms with Crippen LogP contribution in [0, 0.1) is 0 Å². The minimum absolute atomic E-state index is 0.935. The molecule has 0 radical (unpaired) electrons.